The number of nitrogens with zero attached hydrogens (tertiary/aromatic N) is 5. The van der Waals surface area contributed by atoms with Gasteiger partial charge < -0.3 is 11.1 Å². The molecule has 43 heavy (non-hydrogen) atoms. The second-order valence-corrected chi connectivity index (χ2v) is 10.2. The van der Waals surface area contributed by atoms with Crippen LogP contribution >= 0.6 is 0 Å². The highest BCUT2D eigenvalue weighted by molar-refractivity contribution is 5.87. The Morgan fingerprint density at radius 3 is 2.49 bits per heavy atom. The van der Waals surface area contributed by atoms with Crippen molar-refractivity contribution < 1.29 is 4.79 Å². The van der Waals surface area contributed by atoms with Gasteiger partial charge in [0, 0.05) is 37.6 Å². The average molecular weight is 578 g/mol. The number of nitrogens with two attached hydrogens (primary N) is 1. The molecule has 8 heteroatoms. The number of hydrogen-bond acceptors (Lipinski definition) is 6. The fourth-order valence-corrected chi connectivity index (χ4v) is 5.31. The minimum absolute atomic E-state index is 0.0977. The Morgan fingerprint density at radius 2 is 1.84 bits per heavy atom. The van der Waals surface area contributed by atoms with Gasteiger partial charge in [0.05, 0.1) is 11.3 Å². The average Bonchev–Trinajstić information content (AvgIpc) is 3.42. The number of imidazole rings is 1. The molecular formula is C35H43N7O. The van der Waals surface area contributed by atoms with Crippen molar-refractivity contribution in [2.45, 2.75) is 59.5 Å². The van der Waals surface area contributed by atoms with E-state index < -0.39 is 0 Å². The van der Waals surface area contributed by atoms with Crippen LogP contribution in [0.4, 0.5) is 5.82 Å². The summed E-state index contributed by atoms with van der Waals surface area (Å²) < 4.78 is 2.07. The SMILES string of the molecule is C=CC(=O)NC1CCN(Cc2ccc(-n3c(-c4cccnc4N)nc4ccc(C(/C=C\C)=C/CC)nc43)cc2)CC1.CC. The number of hydrogen-bond donors (Lipinski definition) is 2. The number of nitrogens with one attached hydrogen (secondary N) is 1. The smallest absolute Gasteiger partial charge is 0.243 e. The monoisotopic (exact) mass is 577 g/mol. The number of anilines is 1. The summed E-state index contributed by atoms with van der Waals surface area (Å²) >= 11 is 0. The molecule has 0 radical (unpaired) electrons. The Labute approximate surface area is 255 Å². The number of carbonyl (C=O) groups is 1. The number of fused-ring (bicyclic) bond motifs is 1. The lowest BCUT2D eigenvalue weighted by Crippen LogP contribution is -2.43. The highest BCUT2D eigenvalue weighted by Gasteiger charge is 2.21. The molecule has 1 saturated heterocycles. The topological polar surface area (TPSA) is 102 Å². The van der Waals surface area contributed by atoms with Crippen LogP contribution in [0, 0.1) is 0 Å². The molecule has 1 amide bonds. The van der Waals surface area contributed by atoms with Gasteiger partial charge in [-0.3, -0.25) is 14.3 Å². The molecule has 0 bridgehead atoms. The van der Waals surface area contributed by atoms with Gasteiger partial charge in [-0.25, -0.2) is 15.0 Å². The van der Waals surface area contributed by atoms with Gasteiger partial charge in [0.15, 0.2) is 11.5 Å². The minimum Gasteiger partial charge on any atom is -0.383 e. The molecule has 4 heterocycles. The molecule has 8 nitrogen and oxygen atoms in total. The molecule has 3 aromatic heterocycles. The summed E-state index contributed by atoms with van der Waals surface area (Å²) in [5.74, 6) is 1.03. The molecule has 0 aliphatic carbocycles. The molecule has 1 aromatic carbocycles. The van der Waals surface area contributed by atoms with E-state index in [0.29, 0.717) is 11.6 Å². The van der Waals surface area contributed by atoms with Crippen molar-refractivity contribution >= 4 is 28.5 Å². The fraction of sp³-hybridized carbons (Fsp3) is 0.314. The lowest BCUT2D eigenvalue weighted by molar-refractivity contribution is -0.117. The molecule has 1 fully saturated rings. The third-order valence-corrected chi connectivity index (χ3v) is 7.37. The van der Waals surface area contributed by atoms with Crippen LogP contribution in [0.25, 0.3) is 33.8 Å². The zero-order chi connectivity index (χ0) is 30.8. The minimum atomic E-state index is -0.0977. The van der Waals surface area contributed by atoms with Crippen molar-refractivity contribution in [3.8, 4) is 17.1 Å². The maximum atomic E-state index is 11.6. The third-order valence-electron chi connectivity index (χ3n) is 7.37. The number of piperidine rings is 1. The van der Waals surface area contributed by atoms with Gasteiger partial charge >= 0.3 is 0 Å². The molecule has 1 aliphatic heterocycles. The van der Waals surface area contributed by atoms with Gasteiger partial charge in [-0.15, -0.1) is 0 Å². The molecule has 3 N–H and O–H groups in total. The number of benzene rings is 1. The lowest BCUT2D eigenvalue weighted by Gasteiger charge is -2.32. The largest absolute Gasteiger partial charge is 0.383 e. The Hall–Kier alpha value is -4.56. The van der Waals surface area contributed by atoms with Gasteiger partial charge in [0.2, 0.25) is 5.91 Å². The highest BCUT2D eigenvalue weighted by Crippen LogP contribution is 2.31. The van der Waals surface area contributed by atoms with Crippen molar-refractivity contribution in [3.63, 3.8) is 0 Å². The Balaban J connectivity index is 0.00000207. The van der Waals surface area contributed by atoms with Crippen molar-refractivity contribution in [1.29, 1.82) is 0 Å². The van der Waals surface area contributed by atoms with Crippen LogP contribution < -0.4 is 11.1 Å². The van der Waals surface area contributed by atoms with E-state index in [1.54, 1.807) is 6.20 Å². The van der Waals surface area contributed by atoms with Gasteiger partial charge in [0.25, 0.3) is 0 Å². The van der Waals surface area contributed by atoms with Gasteiger partial charge in [-0.05, 0) is 79.8 Å². The summed E-state index contributed by atoms with van der Waals surface area (Å²) in [4.78, 5) is 28.4. The van der Waals surface area contributed by atoms with Crippen LogP contribution in [0.3, 0.4) is 0 Å². The summed E-state index contributed by atoms with van der Waals surface area (Å²) in [5, 5.41) is 3.02. The first kappa shape index (κ1) is 31.4. The first-order chi connectivity index (χ1) is 21.0. The molecule has 4 aromatic rings. The van der Waals surface area contributed by atoms with E-state index in [0.717, 1.165) is 72.6 Å². The van der Waals surface area contributed by atoms with Crippen LogP contribution in [0.5, 0.6) is 0 Å². The van der Waals surface area contributed by atoms with Gasteiger partial charge in [-0.1, -0.05) is 57.7 Å². The normalized spacial score (nSPS) is 14.5. The van der Waals surface area contributed by atoms with Crippen molar-refractivity contribution in [1.82, 2.24) is 29.7 Å². The molecule has 0 unspecified atom stereocenters. The predicted molar refractivity (Wildman–Crippen MR) is 178 cm³/mol. The standard InChI is InChI=1S/C33H37N7O.C2H6/c1-4-8-24(9-5-2)28-15-16-29-33(37-28)40(32(38-29)27-10-7-19-35-31(27)34)26-13-11-23(12-14-26)22-39-20-17-25(18-21-39)36-30(41)6-3;1-2/h4,6-16,19,25H,3,5,17-18,20-22H2,1-2H3,(H2,34,35)(H,36,41);1-2H3/b8-4-,24-9+;. The zero-order valence-corrected chi connectivity index (χ0v) is 25.8. The summed E-state index contributed by atoms with van der Waals surface area (Å²) in [6.07, 6.45) is 12.1. The molecule has 0 saturated carbocycles. The maximum Gasteiger partial charge on any atom is 0.243 e. The third kappa shape index (κ3) is 7.45. The predicted octanol–water partition coefficient (Wildman–Crippen LogP) is 6.73. The first-order valence-electron chi connectivity index (χ1n) is 15.2. The number of pyridine rings is 2. The summed E-state index contributed by atoms with van der Waals surface area (Å²) in [6, 6.07) is 16.6. The Kier molecular flexibility index (Phi) is 11.0. The van der Waals surface area contributed by atoms with Crippen molar-refractivity contribution in [2.75, 3.05) is 18.8 Å². The van der Waals surface area contributed by atoms with E-state index in [2.05, 4.69) is 69.7 Å². The Morgan fingerprint density at radius 1 is 1.09 bits per heavy atom. The van der Waals surface area contributed by atoms with E-state index in [1.165, 1.54) is 11.6 Å². The molecule has 224 valence electrons. The van der Waals surface area contributed by atoms with Crippen LogP contribution in [0.1, 0.15) is 58.2 Å². The number of likely N-dealkylation sites (tertiary alicyclic amines) is 1. The van der Waals surface area contributed by atoms with Crippen LogP contribution in [-0.2, 0) is 11.3 Å². The van der Waals surface area contributed by atoms with Gasteiger partial charge in [0.1, 0.15) is 11.3 Å². The summed E-state index contributed by atoms with van der Waals surface area (Å²) in [7, 11) is 0. The number of carbonyl (C=O) groups excluding carboxylic acids is 1. The van der Waals surface area contributed by atoms with E-state index in [1.807, 2.05) is 51.1 Å². The second kappa shape index (κ2) is 15.1. The molecule has 0 spiro atoms. The Bertz CT molecular complexity index is 1590. The van der Waals surface area contributed by atoms with Crippen molar-refractivity contribution in [3.05, 3.63) is 96.9 Å². The van der Waals surface area contributed by atoms with E-state index in [-0.39, 0.29) is 11.9 Å². The number of aromatic nitrogens is 4. The van der Waals surface area contributed by atoms with Crippen LogP contribution in [0.15, 0.2) is 85.6 Å². The summed E-state index contributed by atoms with van der Waals surface area (Å²) in [6.45, 7) is 14.4. The number of rotatable bonds is 9. The first-order valence-corrected chi connectivity index (χ1v) is 15.2. The number of nitrogen functional groups attached to an aromatic ring is 1. The molecular weight excluding hydrogens is 534 g/mol. The fourth-order valence-electron chi connectivity index (χ4n) is 5.31. The lowest BCUT2D eigenvalue weighted by atomic mass is 10.0. The quantitative estimate of drug-likeness (QED) is 0.169. The van der Waals surface area contributed by atoms with Crippen LogP contribution in [0.2, 0.25) is 0 Å². The molecule has 0 atom stereocenters. The van der Waals surface area contributed by atoms with Crippen LogP contribution in [-0.4, -0.2) is 49.5 Å². The van der Waals surface area contributed by atoms with Gasteiger partial charge in [-0.2, -0.15) is 0 Å². The zero-order valence-electron chi connectivity index (χ0n) is 25.8. The second-order valence-electron chi connectivity index (χ2n) is 10.2. The van der Waals surface area contributed by atoms with Crippen molar-refractivity contribution in [2.24, 2.45) is 0 Å². The van der Waals surface area contributed by atoms with E-state index >= 15 is 0 Å². The highest BCUT2D eigenvalue weighted by atomic mass is 16.1. The molecule has 1 aliphatic rings. The molecule has 5 rings (SSSR count). The summed E-state index contributed by atoms with van der Waals surface area (Å²) in [5.41, 5.74) is 12.8. The number of amides is 1. The van der Waals surface area contributed by atoms with E-state index in [9.17, 15) is 4.79 Å². The van der Waals surface area contributed by atoms with E-state index in [4.69, 9.17) is 15.7 Å². The maximum absolute atomic E-state index is 11.6. The number of allylic oxidation sites excluding steroid dienone is 4.